The van der Waals surface area contributed by atoms with Crippen LogP contribution in [0.25, 0.3) is 0 Å². The number of nitrogens with zero attached hydrogens (tertiary/aromatic N) is 2. The van der Waals surface area contributed by atoms with Gasteiger partial charge in [-0.25, -0.2) is 0 Å². The smallest absolute Gasteiger partial charge is 0.0762 e. The van der Waals surface area contributed by atoms with Gasteiger partial charge in [-0.05, 0) is 38.3 Å². The Kier molecular flexibility index (Phi) is 3.97. The number of rotatable bonds is 5. The Balaban J connectivity index is 1.89. The van der Waals surface area contributed by atoms with Crippen molar-refractivity contribution in [2.24, 2.45) is 0 Å². The van der Waals surface area contributed by atoms with Gasteiger partial charge in [0.1, 0.15) is 0 Å². The van der Waals surface area contributed by atoms with Crippen molar-refractivity contribution in [3.05, 3.63) is 40.3 Å². The quantitative estimate of drug-likeness (QED) is 0.880. The highest BCUT2D eigenvalue weighted by molar-refractivity contribution is 7.10. The first-order valence-corrected chi connectivity index (χ1v) is 6.85. The minimum atomic E-state index is 0.388. The van der Waals surface area contributed by atoms with E-state index in [1.165, 1.54) is 4.88 Å². The molecule has 0 fully saturated rings. The van der Waals surface area contributed by atoms with Crippen molar-refractivity contribution in [1.29, 1.82) is 0 Å². The number of thiophene rings is 1. The van der Waals surface area contributed by atoms with Gasteiger partial charge in [0.25, 0.3) is 0 Å². The van der Waals surface area contributed by atoms with Gasteiger partial charge in [0.05, 0.1) is 5.69 Å². The molecule has 4 heteroatoms. The zero-order valence-electron chi connectivity index (χ0n) is 10.6. The molecule has 2 heterocycles. The van der Waals surface area contributed by atoms with Crippen LogP contribution in [0.15, 0.2) is 29.8 Å². The Hall–Kier alpha value is -1.13. The minimum Gasteiger partial charge on any atom is -0.304 e. The molecule has 1 unspecified atom stereocenters. The van der Waals surface area contributed by atoms with E-state index in [2.05, 4.69) is 54.8 Å². The van der Waals surface area contributed by atoms with Gasteiger partial charge in [-0.1, -0.05) is 6.07 Å². The Bertz CT molecular complexity index is 445. The van der Waals surface area contributed by atoms with Crippen LogP contribution in [0.5, 0.6) is 0 Å². The Morgan fingerprint density at radius 1 is 1.35 bits per heavy atom. The summed E-state index contributed by atoms with van der Waals surface area (Å²) in [6.07, 6.45) is 2.04. The molecule has 0 saturated heterocycles. The van der Waals surface area contributed by atoms with Crippen LogP contribution >= 0.6 is 11.3 Å². The van der Waals surface area contributed by atoms with E-state index in [0.717, 1.165) is 12.2 Å². The fraction of sp³-hybridized carbons (Fsp3) is 0.462. The maximum absolute atomic E-state index is 4.52. The maximum atomic E-state index is 4.52. The highest BCUT2D eigenvalue weighted by atomic mass is 32.1. The lowest BCUT2D eigenvalue weighted by atomic mass is 10.2. The predicted molar refractivity (Wildman–Crippen MR) is 72.2 cm³/mol. The highest BCUT2D eigenvalue weighted by Gasteiger charge is 2.07. The van der Waals surface area contributed by atoms with Crippen LogP contribution in [0.1, 0.15) is 43.4 Å². The topological polar surface area (TPSA) is 29.9 Å². The van der Waals surface area contributed by atoms with E-state index in [9.17, 15) is 0 Å². The number of aromatic nitrogens is 2. The average Bonchev–Trinajstić information content (AvgIpc) is 2.97. The standard InChI is InChI=1S/C13H19N3S/c1-10(2)16-7-6-12(15-16)9-14-11(3)13-5-4-8-17-13/h4-8,10-11,14H,9H2,1-3H3. The summed E-state index contributed by atoms with van der Waals surface area (Å²) in [5, 5.41) is 10.1. The first-order chi connectivity index (χ1) is 8.16. The zero-order chi connectivity index (χ0) is 12.3. The molecular formula is C13H19N3S. The van der Waals surface area contributed by atoms with Crippen LogP contribution in [0.3, 0.4) is 0 Å². The Labute approximate surface area is 106 Å². The lowest BCUT2D eigenvalue weighted by molar-refractivity contribution is 0.513. The van der Waals surface area contributed by atoms with Crippen LogP contribution in [0.2, 0.25) is 0 Å². The summed E-state index contributed by atoms with van der Waals surface area (Å²) in [6.45, 7) is 7.28. The van der Waals surface area contributed by atoms with E-state index >= 15 is 0 Å². The lowest BCUT2D eigenvalue weighted by Gasteiger charge is -2.10. The average molecular weight is 249 g/mol. The molecule has 92 valence electrons. The van der Waals surface area contributed by atoms with Crippen LogP contribution in [0.4, 0.5) is 0 Å². The van der Waals surface area contributed by atoms with Crippen molar-refractivity contribution in [2.75, 3.05) is 0 Å². The van der Waals surface area contributed by atoms with Gasteiger partial charge < -0.3 is 5.32 Å². The van der Waals surface area contributed by atoms with Crippen molar-refractivity contribution >= 4 is 11.3 Å². The van der Waals surface area contributed by atoms with Crippen LogP contribution < -0.4 is 5.32 Å². The van der Waals surface area contributed by atoms with Gasteiger partial charge in [0.2, 0.25) is 0 Å². The fourth-order valence-electron chi connectivity index (χ4n) is 1.66. The molecule has 2 rings (SSSR count). The van der Waals surface area contributed by atoms with Crippen LogP contribution in [-0.4, -0.2) is 9.78 Å². The van der Waals surface area contributed by atoms with Gasteiger partial charge in [-0.2, -0.15) is 5.10 Å². The second-order valence-electron chi connectivity index (χ2n) is 4.50. The molecule has 0 radical (unpaired) electrons. The van der Waals surface area contributed by atoms with Crippen LogP contribution in [0, 0.1) is 0 Å². The molecule has 0 aliphatic heterocycles. The third-order valence-electron chi connectivity index (χ3n) is 2.75. The second kappa shape index (κ2) is 5.47. The van der Waals surface area contributed by atoms with E-state index in [1.54, 1.807) is 11.3 Å². The zero-order valence-corrected chi connectivity index (χ0v) is 11.4. The van der Waals surface area contributed by atoms with Gasteiger partial charge in [-0.15, -0.1) is 11.3 Å². The maximum Gasteiger partial charge on any atom is 0.0762 e. The summed E-state index contributed by atoms with van der Waals surface area (Å²) in [5.41, 5.74) is 1.10. The normalized spacial score (nSPS) is 13.2. The molecule has 0 amide bonds. The van der Waals surface area contributed by atoms with E-state index in [-0.39, 0.29) is 0 Å². The molecule has 2 aromatic heterocycles. The SMILES string of the molecule is CC(NCc1ccn(C(C)C)n1)c1cccs1. The fourth-order valence-corrected chi connectivity index (χ4v) is 2.41. The molecule has 1 atom stereocenters. The summed E-state index contributed by atoms with van der Waals surface area (Å²) in [7, 11) is 0. The Morgan fingerprint density at radius 3 is 2.76 bits per heavy atom. The first-order valence-electron chi connectivity index (χ1n) is 5.97. The number of hydrogen-bond donors (Lipinski definition) is 1. The van der Waals surface area contributed by atoms with Crippen molar-refractivity contribution in [3.8, 4) is 0 Å². The molecule has 2 aromatic rings. The van der Waals surface area contributed by atoms with E-state index in [1.807, 2.05) is 10.9 Å². The summed E-state index contributed by atoms with van der Waals surface area (Å²) in [6, 6.07) is 7.15. The largest absolute Gasteiger partial charge is 0.304 e. The van der Waals surface area contributed by atoms with Gasteiger partial charge >= 0.3 is 0 Å². The molecule has 0 bridgehead atoms. The predicted octanol–water partition coefficient (Wildman–Crippen LogP) is 3.38. The molecule has 1 N–H and O–H groups in total. The number of hydrogen-bond acceptors (Lipinski definition) is 3. The Morgan fingerprint density at radius 2 is 2.18 bits per heavy atom. The van der Waals surface area contributed by atoms with E-state index in [4.69, 9.17) is 0 Å². The second-order valence-corrected chi connectivity index (χ2v) is 5.48. The summed E-state index contributed by atoms with van der Waals surface area (Å²) in [5.74, 6) is 0. The van der Waals surface area contributed by atoms with Crippen molar-refractivity contribution in [2.45, 2.75) is 39.4 Å². The molecule has 0 saturated carbocycles. The monoisotopic (exact) mass is 249 g/mol. The van der Waals surface area contributed by atoms with Gasteiger partial charge in [0, 0.05) is 29.7 Å². The summed E-state index contributed by atoms with van der Waals surface area (Å²) >= 11 is 1.79. The van der Waals surface area contributed by atoms with E-state index < -0.39 is 0 Å². The van der Waals surface area contributed by atoms with Gasteiger partial charge in [0.15, 0.2) is 0 Å². The molecule has 17 heavy (non-hydrogen) atoms. The third kappa shape index (κ3) is 3.17. The summed E-state index contributed by atoms with van der Waals surface area (Å²) < 4.78 is 1.99. The van der Waals surface area contributed by atoms with Crippen LogP contribution in [-0.2, 0) is 6.54 Å². The highest BCUT2D eigenvalue weighted by Crippen LogP contribution is 2.18. The van der Waals surface area contributed by atoms with Crippen molar-refractivity contribution < 1.29 is 0 Å². The van der Waals surface area contributed by atoms with E-state index in [0.29, 0.717) is 12.1 Å². The molecule has 0 aliphatic rings. The van der Waals surface area contributed by atoms with Crippen molar-refractivity contribution in [1.82, 2.24) is 15.1 Å². The van der Waals surface area contributed by atoms with Crippen molar-refractivity contribution in [3.63, 3.8) is 0 Å². The first kappa shape index (κ1) is 12.3. The minimum absolute atomic E-state index is 0.388. The molecule has 0 spiro atoms. The molecule has 0 aromatic carbocycles. The lowest BCUT2D eigenvalue weighted by Crippen LogP contribution is -2.17. The third-order valence-corrected chi connectivity index (χ3v) is 3.81. The van der Waals surface area contributed by atoms with Gasteiger partial charge in [-0.3, -0.25) is 4.68 Å². The molecular weight excluding hydrogens is 230 g/mol. The number of nitrogens with one attached hydrogen (secondary N) is 1. The molecule has 0 aliphatic carbocycles. The molecule has 3 nitrogen and oxygen atoms in total. The summed E-state index contributed by atoms with van der Waals surface area (Å²) in [4.78, 5) is 1.37.